The summed E-state index contributed by atoms with van der Waals surface area (Å²) < 4.78 is 0. The van der Waals surface area contributed by atoms with E-state index in [-0.39, 0.29) is 0 Å². The van der Waals surface area contributed by atoms with Crippen molar-refractivity contribution in [1.82, 2.24) is 5.32 Å². The molecular weight excluding hydrogens is 110 g/mol. The minimum Gasteiger partial charge on any atom is -0.313 e. The molecule has 0 aliphatic carbocycles. The molecule has 0 spiro atoms. The molecule has 0 radical (unpaired) electrons. The molecule has 1 aliphatic heterocycles. The molecule has 0 atom stereocenters. The van der Waals surface area contributed by atoms with Gasteiger partial charge in [-0.1, -0.05) is 26.0 Å². The van der Waals surface area contributed by atoms with Crippen LogP contribution < -0.4 is 5.32 Å². The summed E-state index contributed by atoms with van der Waals surface area (Å²) in [6, 6.07) is 0. The molecule has 0 aromatic heterocycles. The number of rotatable bonds is 0. The second-order valence-electron chi connectivity index (χ2n) is 1.82. The second-order valence-corrected chi connectivity index (χ2v) is 1.82. The highest BCUT2D eigenvalue weighted by Gasteiger charge is 1.86. The van der Waals surface area contributed by atoms with Crippen molar-refractivity contribution in [3.63, 3.8) is 0 Å². The first kappa shape index (κ1) is 8.70. The van der Waals surface area contributed by atoms with E-state index in [0.717, 1.165) is 6.54 Å². The Balaban J connectivity index is 0.000000291. The third-order valence-corrected chi connectivity index (χ3v) is 1.15. The van der Waals surface area contributed by atoms with Crippen LogP contribution in [0.2, 0.25) is 0 Å². The molecule has 0 saturated heterocycles. The van der Waals surface area contributed by atoms with Gasteiger partial charge in [-0.3, -0.25) is 0 Å². The van der Waals surface area contributed by atoms with Gasteiger partial charge in [-0.25, -0.2) is 0 Å². The van der Waals surface area contributed by atoms with Crippen LogP contribution in [-0.4, -0.2) is 13.1 Å². The Kier molecular flexibility index (Phi) is 7.44. The lowest BCUT2D eigenvalue weighted by molar-refractivity contribution is 0.721. The van der Waals surface area contributed by atoms with Crippen LogP contribution in [0.4, 0.5) is 0 Å². The molecule has 1 aliphatic rings. The van der Waals surface area contributed by atoms with Crippen molar-refractivity contribution in [2.45, 2.75) is 26.7 Å². The van der Waals surface area contributed by atoms with Crippen molar-refractivity contribution >= 4 is 0 Å². The SMILES string of the molecule is C1=CCNCCC1.CC. The van der Waals surface area contributed by atoms with Crippen LogP contribution in [0.25, 0.3) is 0 Å². The summed E-state index contributed by atoms with van der Waals surface area (Å²) in [4.78, 5) is 0. The van der Waals surface area contributed by atoms with Crippen LogP contribution in [0.15, 0.2) is 12.2 Å². The van der Waals surface area contributed by atoms with E-state index in [1.54, 1.807) is 0 Å². The van der Waals surface area contributed by atoms with E-state index >= 15 is 0 Å². The van der Waals surface area contributed by atoms with Gasteiger partial charge in [0.05, 0.1) is 0 Å². The lowest BCUT2D eigenvalue weighted by Crippen LogP contribution is -2.12. The standard InChI is InChI=1S/C6H11N.C2H6/c1-2-4-6-7-5-3-1;1-2/h1,3,7H,2,4-6H2;1-2H3. The van der Waals surface area contributed by atoms with Crippen LogP contribution >= 0.6 is 0 Å². The number of allylic oxidation sites excluding steroid dienone is 1. The highest BCUT2D eigenvalue weighted by Crippen LogP contribution is 1.91. The summed E-state index contributed by atoms with van der Waals surface area (Å²) in [7, 11) is 0. The van der Waals surface area contributed by atoms with Gasteiger partial charge in [0, 0.05) is 6.54 Å². The fraction of sp³-hybridized carbons (Fsp3) is 0.750. The monoisotopic (exact) mass is 127 g/mol. The first-order valence-corrected chi connectivity index (χ1v) is 3.86. The average Bonchev–Trinajstić information content (AvgIpc) is 2.21. The quantitative estimate of drug-likeness (QED) is 0.490. The first-order valence-electron chi connectivity index (χ1n) is 3.86. The lowest BCUT2D eigenvalue weighted by atomic mass is 10.3. The van der Waals surface area contributed by atoms with Gasteiger partial charge < -0.3 is 5.32 Å². The average molecular weight is 127 g/mol. The molecule has 1 heteroatoms. The zero-order valence-electron chi connectivity index (χ0n) is 6.48. The highest BCUT2D eigenvalue weighted by atomic mass is 14.8. The first-order chi connectivity index (χ1) is 4.50. The molecule has 1 heterocycles. The summed E-state index contributed by atoms with van der Waals surface area (Å²) >= 11 is 0. The molecule has 0 fully saturated rings. The largest absolute Gasteiger partial charge is 0.313 e. The highest BCUT2D eigenvalue weighted by molar-refractivity contribution is 4.86. The molecule has 1 rings (SSSR count). The van der Waals surface area contributed by atoms with Crippen molar-refractivity contribution in [2.24, 2.45) is 0 Å². The Bertz CT molecular complexity index is 59.0. The molecule has 54 valence electrons. The van der Waals surface area contributed by atoms with Crippen molar-refractivity contribution in [3.05, 3.63) is 12.2 Å². The van der Waals surface area contributed by atoms with Gasteiger partial charge >= 0.3 is 0 Å². The van der Waals surface area contributed by atoms with Crippen molar-refractivity contribution in [3.8, 4) is 0 Å². The van der Waals surface area contributed by atoms with Gasteiger partial charge in [0.2, 0.25) is 0 Å². The van der Waals surface area contributed by atoms with E-state index in [0.29, 0.717) is 0 Å². The van der Waals surface area contributed by atoms with E-state index < -0.39 is 0 Å². The molecule has 0 aromatic carbocycles. The van der Waals surface area contributed by atoms with Gasteiger partial charge in [0.25, 0.3) is 0 Å². The van der Waals surface area contributed by atoms with Crippen molar-refractivity contribution in [2.75, 3.05) is 13.1 Å². The molecule has 0 unspecified atom stereocenters. The molecule has 9 heavy (non-hydrogen) atoms. The topological polar surface area (TPSA) is 12.0 Å². The molecule has 0 amide bonds. The summed E-state index contributed by atoms with van der Waals surface area (Å²) in [6.45, 7) is 6.26. The molecule has 0 bridgehead atoms. The van der Waals surface area contributed by atoms with E-state index in [4.69, 9.17) is 0 Å². The Hall–Kier alpha value is -0.300. The Morgan fingerprint density at radius 3 is 2.78 bits per heavy atom. The van der Waals surface area contributed by atoms with E-state index in [9.17, 15) is 0 Å². The van der Waals surface area contributed by atoms with E-state index in [1.165, 1.54) is 19.4 Å². The maximum Gasteiger partial charge on any atom is 0.0134 e. The third-order valence-electron chi connectivity index (χ3n) is 1.15. The molecular formula is C8H17N. The Morgan fingerprint density at radius 1 is 1.22 bits per heavy atom. The maximum atomic E-state index is 3.26. The number of hydrogen-bond acceptors (Lipinski definition) is 1. The number of hydrogen-bond donors (Lipinski definition) is 1. The van der Waals surface area contributed by atoms with Crippen LogP contribution in [-0.2, 0) is 0 Å². The number of nitrogens with one attached hydrogen (secondary N) is 1. The summed E-state index contributed by atoms with van der Waals surface area (Å²) in [5.74, 6) is 0. The minimum absolute atomic E-state index is 1.07. The van der Waals surface area contributed by atoms with Gasteiger partial charge in [0.1, 0.15) is 0 Å². The van der Waals surface area contributed by atoms with Gasteiger partial charge in [0.15, 0.2) is 0 Å². The molecule has 1 N–H and O–H groups in total. The van der Waals surface area contributed by atoms with Crippen LogP contribution in [0.5, 0.6) is 0 Å². The summed E-state index contributed by atoms with van der Waals surface area (Å²) in [5.41, 5.74) is 0. The normalized spacial score (nSPS) is 17.6. The van der Waals surface area contributed by atoms with Crippen LogP contribution in [0.1, 0.15) is 26.7 Å². The third kappa shape index (κ3) is 5.57. The molecule has 1 nitrogen and oxygen atoms in total. The zero-order chi connectivity index (χ0) is 6.95. The van der Waals surface area contributed by atoms with Gasteiger partial charge in [-0.2, -0.15) is 0 Å². The summed E-state index contributed by atoms with van der Waals surface area (Å²) in [6.07, 6.45) is 6.98. The smallest absolute Gasteiger partial charge is 0.0134 e. The Labute approximate surface area is 58.2 Å². The fourth-order valence-corrected chi connectivity index (χ4v) is 0.731. The minimum atomic E-state index is 1.07. The van der Waals surface area contributed by atoms with E-state index in [1.807, 2.05) is 13.8 Å². The predicted octanol–water partition coefficient (Wildman–Crippen LogP) is 1.95. The zero-order valence-corrected chi connectivity index (χ0v) is 6.48. The summed E-state index contributed by atoms with van der Waals surface area (Å²) in [5, 5.41) is 3.26. The molecule has 0 saturated carbocycles. The Morgan fingerprint density at radius 2 is 2.00 bits per heavy atom. The van der Waals surface area contributed by atoms with Gasteiger partial charge in [-0.15, -0.1) is 0 Å². The predicted molar refractivity (Wildman–Crippen MR) is 42.6 cm³/mol. The molecule has 0 aromatic rings. The van der Waals surface area contributed by atoms with Crippen molar-refractivity contribution < 1.29 is 0 Å². The maximum absolute atomic E-state index is 3.26. The lowest BCUT2D eigenvalue weighted by Gasteiger charge is -1.91. The fourth-order valence-electron chi connectivity index (χ4n) is 0.731. The van der Waals surface area contributed by atoms with Gasteiger partial charge in [-0.05, 0) is 19.4 Å². The van der Waals surface area contributed by atoms with E-state index in [2.05, 4.69) is 17.5 Å². The van der Waals surface area contributed by atoms with Crippen molar-refractivity contribution in [1.29, 1.82) is 0 Å². The second kappa shape index (κ2) is 7.70. The van der Waals surface area contributed by atoms with Crippen LogP contribution in [0, 0.1) is 0 Å². The van der Waals surface area contributed by atoms with Crippen LogP contribution in [0.3, 0.4) is 0 Å².